The lowest BCUT2D eigenvalue weighted by molar-refractivity contribution is -0.146. The van der Waals surface area contributed by atoms with Gasteiger partial charge in [0.05, 0.1) is 4.90 Å². The number of nitrogens with zero attached hydrogens (tertiary/aromatic N) is 1. The molecule has 2 rings (SSSR count). The molecule has 5 nitrogen and oxygen atoms in total. The van der Waals surface area contributed by atoms with Gasteiger partial charge in [0.1, 0.15) is 6.10 Å². The van der Waals surface area contributed by atoms with Crippen molar-refractivity contribution in [3.8, 4) is 0 Å². The minimum Gasteiger partial charge on any atom is -0.462 e. The molecule has 0 saturated carbocycles. The summed E-state index contributed by atoms with van der Waals surface area (Å²) in [6.45, 7) is 7.19. The van der Waals surface area contributed by atoms with Gasteiger partial charge in [-0.1, -0.05) is 35.9 Å². The van der Waals surface area contributed by atoms with Crippen LogP contribution >= 0.6 is 0 Å². The third-order valence-corrected chi connectivity index (χ3v) is 6.12. The van der Waals surface area contributed by atoms with Gasteiger partial charge in [-0.3, -0.25) is 4.79 Å². The molecule has 1 aromatic carbocycles. The number of carbonyl (C=O) groups is 1. The van der Waals surface area contributed by atoms with E-state index < -0.39 is 10.0 Å². The molecule has 0 radical (unpaired) electrons. The van der Waals surface area contributed by atoms with E-state index in [9.17, 15) is 13.2 Å². The van der Waals surface area contributed by atoms with E-state index in [0.29, 0.717) is 19.3 Å². The Bertz CT molecular complexity index is 737. The summed E-state index contributed by atoms with van der Waals surface area (Å²) in [6, 6.07) is 6.53. The van der Waals surface area contributed by atoms with E-state index in [-0.39, 0.29) is 29.6 Å². The summed E-state index contributed by atoms with van der Waals surface area (Å²) < 4.78 is 33.0. The van der Waals surface area contributed by atoms with Crippen LogP contribution in [-0.2, 0) is 19.6 Å². The van der Waals surface area contributed by atoms with Gasteiger partial charge in [0, 0.05) is 32.4 Å². The molecule has 0 saturated heterocycles. The van der Waals surface area contributed by atoms with Crippen molar-refractivity contribution < 1.29 is 17.9 Å². The van der Waals surface area contributed by atoms with Crippen molar-refractivity contribution in [1.29, 1.82) is 0 Å². The zero-order chi connectivity index (χ0) is 18.4. The number of esters is 1. The lowest BCUT2D eigenvalue weighted by Gasteiger charge is -2.30. The second kappa shape index (κ2) is 8.45. The van der Waals surface area contributed by atoms with E-state index in [4.69, 9.17) is 4.74 Å². The molecular weight excluding hydrogens is 338 g/mol. The first-order valence-corrected chi connectivity index (χ1v) is 9.80. The predicted molar refractivity (Wildman–Crippen MR) is 97.6 cm³/mol. The largest absolute Gasteiger partial charge is 0.462 e. The van der Waals surface area contributed by atoms with Gasteiger partial charge in [-0.05, 0) is 25.5 Å². The van der Waals surface area contributed by atoms with Gasteiger partial charge in [-0.15, -0.1) is 6.58 Å². The highest BCUT2D eigenvalue weighted by Gasteiger charge is 2.33. The van der Waals surface area contributed by atoms with Gasteiger partial charge in [0.2, 0.25) is 10.0 Å². The molecule has 0 spiro atoms. The van der Waals surface area contributed by atoms with Gasteiger partial charge in [-0.25, -0.2) is 8.42 Å². The second-order valence-corrected chi connectivity index (χ2v) is 8.13. The average Bonchev–Trinajstić information content (AvgIpc) is 2.77. The molecule has 2 atom stereocenters. The summed E-state index contributed by atoms with van der Waals surface area (Å²) in [5, 5.41) is 0. The van der Waals surface area contributed by atoms with Crippen molar-refractivity contribution in [3.05, 3.63) is 54.6 Å². The summed E-state index contributed by atoms with van der Waals surface area (Å²) >= 11 is 0. The van der Waals surface area contributed by atoms with Gasteiger partial charge < -0.3 is 4.74 Å². The highest BCUT2D eigenvalue weighted by atomic mass is 32.2. The van der Waals surface area contributed by atoms with Crippen LogP contribution in [0.25, 0.3) is 0 Å². The molecule has 136 valence electrons. The zero-order valence-corrected chi connectivity index (χ0v) is 15.5. The molecule has 25 heavy (non-hydrogen) atoms. The molecule has 1 aliphatic rings. The SMILES string of the molecule is C=CCN([C@@H]1CC=CC[C@@H](OC(C)=O)C1)S(=O)(=O)c1ccc(C)cc1. The smallest absolute Gasteiger partial charge is 0.302 e. The second-order valence-electron chi connectivity index (χ2n) is 6.24. The Balaban J connectivity index is 2.31. The van der Waals surface area contributed by atoms with Crippen LogP contribution in [0.15, 0.2) is 54.0 Å². The van der Waals surface area contributed by atoms with Gasteiger partial charge in [0.25, 0.3) is 0 Å². The number of carbonyl (C=O) groups excluding carboxylic acids is 1. The average molecular weight is 363 g/mol. The molecule has 1 aliphatic carbocycles. The van der Waals surface area contributed by atoms with Crippen LogP contribution in [0, 0.1) is 6.92 Å². The highest BCUT2D eigenvalue weighted by Crippen LogP contribution is 2.26. The molecule has 6 heteroatoms. The van der Waals surface area contributed by atoms with Crippen molar-refractivity contribution in [2.45, 2.75) is 50.2 Å². The van der Waals surface area contributed by atoms with Crippen LogP contribution in [0.4, 0.5) is 0 Å². The Morgan fingerprint density at radius 1 is 1.28 bits per heavy atom. The van der Waals surface area contributed by atoms with Crippen LogP contribution < -0.4 is 0 Å². The van der Waals surface area contributed by atoms with Crippen molar-refractivity contribution in [2.75, 3.05) is 6.54 Å². The molecule has 1 aromatic rings. The summed E-state index contributed by atoms with van der Waals surface area (Å²) in [5.41, 5.74) is 1.00. The molecule has 0 heterocycles. The van der Waals surface area contributed by atoms with E-state index in [1.807, 2.05) is 19.1 Å². The Morgan fingerprint density at radius 3 is 2.52 bits per heavy atom. The quantitative estimate of drug-likeness (QED) is 0.575. The minimum atomic E-state index is -3.66. The van der Waals surface area contributed by atoms with Gasteiger partial charge >= 0.3 is 5.97 Å². The predicted octanol–water partition coefficient (Wildman–Crippen LogP) is 3.21. The van der Waals surface area contributed by atoms with Crippen molar-refractivity contribution in [2.24, 2.45) is 0 Å². The number of aryl methyl sites for hydroxylation is 1. The zero-order valence-electron chi connectivity index (χ0n) is 14.7. The Kier molecular flexibility index (Phi) is 6.56. The van der Waals surface area contributed by atoms with Crippen LogP contribution in [0.5, 0.6) is 0 Å². The van der Waals surface area contributed by atoms with Gasteiger partial charge in [0.15, 0.2) is 0 Å². The molecule has 0 aliphatic heterocycles. The summed E-state index contributed by atoms with van der Waals surface area (Å²) in [5.74, 6) is -0.351. The number of sulfonamides is 1. The fourth-order valence-corrected chi connectivity index (χ4v) is 4.60. The monoisotopic (exact) mass is 363 g/mol. The fraction of sp³-hybridized carbons (Fsp3) is 0.421. The lowest BCUT2D eigenvalue weighted by atomic mass is 10.1. The Morgan fingerprint density at radius 2 is 1.92 bits per heavy atom. The highest BCUT2D eigenvalue weighted by molar-refractivity contribution is 7.89. The first-order valence-electron chi connectivity index (χ1n) is 8.36. The van der Waals surface area contributed by atoms with Crippen molar-refractivity contribution in [1.82, 2.24) is 4.31 Å². The van der Waals surface area contributed by atoms with Crippen LogP contribution in [0.3, 0.4) is 0 Å². The molecule has 0 N–H and O–H groups in total. The number of benzene rings is 1. The fourth-order valence-electron chi connectivity index (χ4n) is 2.98. The van der Waals surface area contributed by atoms with Crippen molar-refractivity contribution in [3.63, 3.8) is 0 Å². The molecule has 0 bridgehead atoms. The maximum atomic E-state index is 13.1. The molecule has 0 unspecified atom stereocenters. The van der Waals surface area contributed by atoms with E-state index in [0.717, 1.165) is 5.56 Å². The summed E-state index contributed by atoms with van der Waals surface area (Å²) in [7, 11) is -3.66. The minimum absolute atomic E-state index is 0.210. The number of hydrogen-bond donors (Lipinski definition) is 0. The molecule has 0 amide bonds. The Hall–Kier alpha value is -1.92. The van der Waals surface area contributed by atoms with Crippen molar-refractivity contribution >= 4 is 16.0 Å². The Labute approximate surface area is 150 Å². The first kappa shape index (κ1) is 19.4. The molecule has 0 aromatic heterocycles. The number of ether oxygens (including phenoxy) is 1. The maximum Gasteiger partial charge on any atom is 0.302 e. The molecule has 0 fully saturated rings. The first-order chi connectivity index (χ1) is 11.8. The van der Waals surface area contributed by atoms with E-state index in [1.54, 1.807) is 30.3 Å². The van der Waals surface area contributed by atoms with Gasteiger partial charge in [-0.2, -0.15) is 4.31 Å². The normalized spacial score (nSPS) is 20.9. The number of hydrogen-bond acceptors (Lipinski definition) is 4. The number of rotatable bonds is 6. The maximum absolute atomic E-state index is 13.1. The van der Waals surface area contributed by atoms with Crippen LogP contribution in [0.2, 0.25) is 0 Å². The third kappa shape index (κ3) is 5.03. The van der Waals surface area contributed by atoms with Crippen LogP contribution in [0.1, 0.15) is 31.7 Å². The topological polar surface area (TPSA) is 63.7 Å². The standard InChI is InChI=1S/C19H25NO4S/c1-4-13-20(25(22,23)19-11-9-15(2)10-12-19)17-7-5-6-8-18(14-17)24-16(3)21/h4-6,9-12,17-18H,1,7-8,13-14H2,2-3H3/t17-,18-/m1/s1. The third-order valence-electron chi connectivity index (χ3n) is 4.19. The van der Waals surface area contributed by atoms with Crippen LogP contribution in [-0.4, -0.2) is 37.4 Å². The lowest BCUT2D eigenvalue weighted by Crippen LogP contribution is -2.42. The molecular formula is C19H25NO4S. The van der Waals surface area contributed by atoms with E-state index in [2.05, 4.69) is 6.58 Å². The van der Waals surface area contributed by atoms with E-state index >= 15 is 0 Å². The van der Waals surface area contributed by atoms with E-state index in [1.165, 1.54) is 11.2 Å². The summed E-state index contributed by atoms with van der Waals surface area (Å²) in [6.07, 6.45) is 6.81. The summed E-state index contributed by atoms with van der Waals surface area (Å²) in [4.78, 5) is 11.5.